The summed E-state index contributed by atoms with van der Waals surface area (Å²) >= 11 is 0. The Kier molecular flexibility index (Phi) is 3.62. The van der Waals surface area contributed by atoms with Gasteiger partial charge in [-0.3, -0.25) is 0 Å². The summed E-state index contributed by atoms with van der Waals surface area (Å²) < 4.78 is 0. The molecule has 0 bridgehead atoms. The lowest BCUT2D eigenvalue weighted by molar-refractivity contribution is 0.310. The number of aryl methyl sites for hydroxylation is 2. The van der Waals surface area contributed by atoms with E-state index < -0.39 is 0 Å². The van der Waals surface area contributed by atoms with Crippen molar-refractivity contribution in [3.8, 4) is 0 Å². The van der Waals surface area contributed by atoms with Crippen molar-refractivity contribution < 1.29 is 0 Å². The second-order valence-electron chi connectivity index (χ2n) is 5.13. The fraction of sp³-hybridized carbons (Fsp3) is 0.571. The Bertz CT molecular complexity index is 358. The zero-order valence-electron chi connectivity index (χ0n) is 10.4. The van der Waals surface area contributed by atoms with Crippen molar-refractivity contribution in [1.29, 1.82) is 0 Å². The Morgan fingerprint density at radius 1 is 1.31 bits per heavy atom. The van der Waals surface area contributed by atoms with E-state index in [-0.39, 0.29) is 6.04 Å². The van der Waals surface area contributed by atoms with Crippen LogP contribution in [0.4, 0.5) is 0 Å². The average molecular weight is 218 g/mol. The van der Waals surface area contributed by atoms with E-state index in [0.717, 1.165) is 13.1 Å². The first-order chi connectivity index (χ1) is 7.65. The van der Waals surface area contributed by atoms with E-state index in [0.29, 0.717) is 0 Å². The van der Waals surface area contributed by atoms with E-state index in [1.165, 1.54) is 24.8 Å². The Morgan fingerprint density at radius 2 is 2.06 bits per heavy atom. The number of hydrogen-bond donors (Lipinski definition) is 1. The first-order valence-electron chi connectivity index (χ1n) is 6.20. The molecule has 0 amide bonds. The fourth-order valence-electron chi connectivity index (χ4n) is 2.59. The molecule has 2 rings (SSSR count). The lowest BCUT2D eigenvalue weighted by Gasteiger charge is -2.19. The molecule has 1 unspecified atom stereocenters. The van der Waals surface area contributed by atoms with Gasteiger partial charge in [0.1, 0.15) is 0 Å². The van der Waals surface area contributed by atoms with E-state index >= 15 is 0 Å². The van der Waals surface area contributed by atoms with Crippen LogP contribution in [0.5, 0.6) is 0 Å². The topological polar surface area (TPSA) is 29.3 Å². The highest BCUT2D eigenvalue weighted by atomic mass is 15.1. The lowest BCUT2D eigenvalue weighted by Crippen LogP contribution is -2.32. The smallest absolute Gasteiger partial charge is 0.0231 e. The largest absolute Gasteiger partial charge is 0.327 e. The van der Waals surface area contributed by atoms with Crippen molar-refractivity contribution in [2.75, 3.05) is 13.6 Å². The highest BCUT2D eigenvalue weighted by Crippen LogP contribution is 2.23. The molecule has 1 aliphatic rings. The van der Waals surface area contributed by atoms with Crippen LogP contribution < -0.4 is 5.73 Å². The maximum atomic E-state index is 5.80. The molecule has 0 radical (unpaired) electrons. The predicted octanol–water partition coefficient (Wildman–Crippen LogP) is 1.95. The van der Waals surface area contributed by atoms with Gasteiger partial charge < -0.3 is 10.6 Å². The molecule has 0 saturated heterocycles. The summed E-state index contributed by atoms with van der Waals surface area (Å²) in [5.74, 6) is 0. The lowest BCUT2D eigenvalue weighted by atomic mass is 10.1. The quantitative estimate of drug-likeness (QED) is 0.837. The molecule has 0 heterocycles. The summed E-state index contributed by atoms with van der Waals surface area (Å²) in [7, 11) is 2.14. The minimum absolute atomic E-state index is 0.249. The SMILES string of the molecule is CC(N)CN(C)Cc1ccc2c(c1)CCC2. The summed E-state index contributed by atoms with van der Waals surface area (Å²) in [6, 6.07) is 7.19. The molecule has 1 aromatic carbocycles. The molecule has 0 saturated carbocycles. The monoisotopic (exact) mass is 218 g/mol. The highest BCUT2D eigenvalue weighted by Gasteiger charge is 2.11. The van der Waals surface area contributed by atoms with Crippen molar-refractivity contribution in [1.82, 2.24) is 4.90 Å². The summed E-state index contributed by atoms with van der Waals surface area (Å²) in [6.45, 7) is 4.02. The molecule has 2 N–H and O–H groups in total. The summed E-state index contributed by atoms with van der Waals surface area (Å²) in [5, 5.41) is 0. The van der Waals surface area contributed by atoms with Gasteiger partial charge in [0.2, 0.25) is 0 Å². The molecule has 16 heavy (non-hydrogen) atoms. The standard InChI is InChI=1S/C14H22N2/c1-11(15)9-16(2)10-12-6-7-13-4-3-5-14(13)8-12/h6-8,11H,3-5,9-10,15H2,1-2H3. The molecule has 1 aromatic rings. The Morgan fingerprint density at radius 3 is 2.81 bits per heavy atom. The Balaban J connectivity index is 1.99. The van der Waals surface area contributed by atoms with Gasteiger partial charge in [0.25, 0.3) is 0 Å². The maximum Gasteiger partial charge on any atom is 0.0231 e. The van der Waals surface area contributed by atoms with E-state index in [2.05, 4.69) is 37.1 Å². The molecule has 2 nitrogen and oxygen atoms in total. The summed E-state index contributed by atoms with van der Waals surface area (Å²) in [5.41, 5.74) is 10.3. The summed E-state index contributed by atoms with van der Waals surface area (Å²) in [6.07, 6.45) is 3.86. The first-order valence-corrected chi connectivity index (χ1v) is 6.20. The highest BCUT2D eigenvalue weighted by molar-refractivity contribution is 5.35. The van der Waals surface area contributed by atoms with Crippen molar-refractivity contribution in [3.63, 3.8) is 0 Å². The Labute approximate surface area is 98.4 Å². The van der Waals surface area contributed by atoms with Crippen molar-refractivity contribution in [2.45, 2.75) is 38.8 Å². The van der Waals surface area contributed by atoms with E-state index in [4.69, 9.17) is 5.73 Å². The van der Waals surface area contributed by atoms with Gasteiger partial charge >= 0.3 is 0 Å². The summed E-state index contributed by atoms with van der Waals surface area (Å²) in [4.78, 5) is 2.29. The molecule has 0 spiro atoms. The van der Waals surface area contributed by atoms with E-state index in [1.807, 2.05) is 0 Å². The van der Waals surface area contributed by atoms with Gasteiger partial charge in [0, 0.05) is 19.1 Å². The molecular weight excluding hydrogens is 196 g/mol. The third-order valence-electron chi connectivity index (χ3n) is 3.22. The van der Waals surface area contributed by atoms with Crippen LogP contribution in [0.15, 0.2) is 18.2 Å². The normalized spacial score (nSPS) is 16.5. The van der Waals surface area contributed by atoms with Crippen LogP contribution >= 0.6 is 0 Å². The molecule has 1 atom stereocenters. The predicted molar refractivity (Wildman–Crippen MR) is 68.5 cm³/mol. The van der Waals surface area contributed by atoms with Crippen LogP contribution in [0.2, 0.25) is 0 Å². The van der Waals surface area contributed by atoms with Crippen LogP contribution in [0.25, 0.3) is 0 Å². The minimum atomic E-state index is 0.249. The molecule has 1 aliphatic carbocycles. The van der Waals surface area contributed by atoms with Gasteiger partial charge in [-0.25, -0.2) is 0 Å². The van der Waals surface area contributed by atoms with Crippen molar-refractivity contribution in [2.24, 2.45) is 5.73 Å². The van der Waals surface area contributed by atoms with Gasteiger partial charge in [-0.05, 0) is 49.9 Å². The van der Waals surface area contributed by atoms with Crippen LogP contribution in [-0.4, -0.2) is 24.5 Å². The molecular formula is C14H22N2. The van der Waals surface area contributed by atoms with Crippen molar-refractivity contribution in [3.05, 3.63) is 34.9 Å². The number of fused-ring (bicyclic) bond motifs is 1. The van der Waals surface area contributed by atoms with Gasteiger partial charge in [-0.1, -0.05) is 18.2 Å². The second kappa shape index (κ2) is 4.98. The zero-order chi connectivity index (χ0) is 11.5. The average Bonchev–Trinajstić information content (AvgIpc) is 2.63. The molecule has 0 aromatic heterocycles. The van der Waals surface area contributed by atoms with Crippen LogP contribution in [0.1, 0.15) is 30.0 Å². The fourth-order valence-corrected chi connectivity index (χ4v) is 2.59. The van der Waals surface area contributed by atoms with Crippen molar-refractivity contribution >= 4 is 0 Å². The number of nitrogens with two attached hydrogens (primary N) is 1. The Hall–Kier alpha value is -0.860. The first kappa shape index (κ1) is 11.6. The zero-order valence-corrected chi connectivity index (χ0v) is 10.4. The van der Waals surface area contributed by atoms with Gasteiger partial charge in [0.05, 0.1) is 0 Å². The minimum Gasteiger partial charge on any atom is -0.327 e. The molecule has 2 heteroatoms. The van der Waals surface area contributed by atoms with E-state index in [9.17, 15) is 0 Å². The number of likely N-dealkylation sites (N-methyl/N-ethyl adjacent to an activating group) is 1. The number of rotatable bonds is 4. The molecule has 88 valence electrons. The van der Waals surface area contributed by atoms with Crippen LogP contribution in [0.3, 0.4) is 0 Å². The number of hydrogen-bond acceptors (Lipinski definition) is 2. The van der Waals surface area contributed by atoms with Crippen LogP contribution in [0, 0.1) is 0 Å². The number of nitrogens with zero attached hydrogens (tertiary/aromatic N) is 1. The van der Waals surface area contributed by atoms with Crippen LogP contribution in [-0.2, 0) is 19.4 Å². The second-order valence-corrected chi connectivity index (χ2v) is 5.13. The molecule has 0 fully saturated rings. The van der Waals surface area contributed by atoms with E-state index in [1.54, 1.807) is 11.1 Å². The third-order valence-corrected chi connectivity index (χ3v) is 3.22. The third kappa shape index (κ3) is 2.83. The van der Waals surface area contributed by atoms with Gasteiger partial charge in [-0.2, -0.15) is 0 Å². The van der Waals surface area contributed by atoms with Gasteiger partial charge in [-0.15, -0.1) is 0 Å². The number of benzene rings is 1. The maximum absolute atomic E-state index is 5.80. The molecule has 0 aliphatic heterocycles. The van der Waals surface area contributed by atoms with Gasteiger partial charge in [0.15, 0.2) is 0 Å².